The summed E-state index contributed by atoms with van der Waals surface area (Å²) in [7, 11) is 0. The molecule has 0 saturated heterocycles. The van der Waals surface area contributed by atoms with Crippen LogP contribution in [0.3, 0.4) is 0 Å². The van der Waals surface area contributed by atoms with Gasteiger partial charge in [0.05, 0.1) is 23.4 Å². The molecule has 1 aromatic carbocycles. The molecule has 1 aromatic rings. The van der Waals surface area contributed by atoms with Crippen LogP contribution in [0.15, 0.2) is 18.2 Å². The molecule has 0 aliphatic carbocycles. The Kier molecular flexibility index (Phi) is 6.03. The first-order valence-corrected chi connectivity index (χ1v) is 6.39. The van der Waals surface area contributed by atoms with Crippen molar-refractivity contribution in [1.82, 2.24) is 0 Å². The van der Waals surface area contributed by atoms with Gasteiger partial charge in [-0.3, -0.25) is 4.79 Å². The number of anilines is 1. The molecule has 0 aliphatic rings. The van der Waals surface area contributed by atoms with Gasteiger partial charge in [-0.15, -0.1) is 0 Å². The van der Waals surface area contributed by atoms with Crippen molar-refractivity contribution in [3.8, 4) is 6.07 Å². The number of nitrogens with zero attached hydrogens (tertiary/aromatic N) is 1. The van der Waals surface area contributed by atoms with Crippen LogP contribution in [0.25, 0.3) is 0 Å². The number of hydrogen-bond acceptors (Lipinski definition) is 4. The van der Waals surface area contributed by atoms with Gasteiger partial charge in [-0.25, -0.2) is 0 Å². The summed E-state index contributed by atoms with van der Waals surface area (Å²) < 4.78 is 42.4. The summed E-state index contributed by atoms with van der Waals surface area (Å²) >= 11 is 0. The van der Waals surface area contributed by atoms with Gasteiger partial charge in [-0.05, 0) is 24.6 Å². The number of halogens is 3. The Morgan fingerprint density at radius 1 is 1.43 bits per heavy atom. The van der Waals surface area contributed by atoms with Gasteiger partial charge in [-0.2, -0.15) is 18.4 Å². The zero-order chi connectivity index (χ0) is 15.9. The molecule has 0 amide bonds. The van der Waals surface area contributed by atoms with Gasteiger partial charge in [0.2, 0.25) is 0 Å². The summed E-state index contributed by atoms with van der Waals surface area (Å²) in [5.41, 5.74) is -0.917. The lowest BCUT2D eigenvalue weighted by Gasteiger charge is -2.11. The van der Waals surface area contributed by atoms with E-state index in [1.54, 1.807) is 6.07 Å². The fourth-order valence-corrected chi connectivity index (χ4v) is 1.52. The monoisotopic (exact) mass is 300 g/mol. The maximum Gasteiger partial charge on any atom is 0.416 e. The average molecular weight is 300 g/mol. The van der Waals surface area contributed by atoms with Crippen LogP contribution in [0.5, 0.6) is 0 Å². The Balaban J connectivity index is 2.68. The molecule has 0 aliphatic heterocycles. The van der Waals surface area contributed by atoms with Gasteiger partial charge in [0.1, 0.15) is 12.6 Å². The number of carbonyl (C=O) groups is 1. The predicted molar refractivity (Wildman–Crippen MR) is 70.5 cm³/mol. The minimum absolute atomic E-state index is 0.165. The summed E-state index contributed by atoms with van der Waals surface area (Å²) in [6.07, 6.45) is -2.88. The molecule has 0 radical (unpaired) electrons. The highest BCUT2D eigenvalue weighted by atomic mass is 19.4. The zero-order valence-corrected chi connectivity index (χ0v) is 11.5. The number of alkyl halides is 3. The number of carbonyl (C=O) groups excluding carboxylic acids is 1. The van der Waals surface area contributed by atoms with E-state index >= 15 is 0 Å². The van der Waals surface area contributed by atoms with E-state index in [1.807, 2.05) is 6.92 Å². The van der Waals surface area contributed by atoms with E-state index in [4.69, 9.17) is 10.00 Å². The van der Waals surface area contributed by atoms with Crippen molar-refractivity contribution >= 4 is 11.7 Å². The SMILES string of the molecule is CCCCOC(=O)CNc1ccc(C(F)(F)F)cc1C#N. The molecule has 21 heavy (non-hydrogen) atoms. The number of hydrogen-bond donors (Lipinski definition) is 1. The largest absolute Gasteiger partial charge is 0.464 e. The quantitative estimate of drug-likeness (QED) is 0.646. The molecular formula is C14H15F3N2O2. The zero-order valence-electron chi connectivity index (χ0n) is 11.5. The molecule has 0 fully saturated rings. The Labute approximate surface area is 120 Å². The van der Waals surface area contributed by atoms with Crippen LogP contribution in [-0.4, -0.2) is 19.1 Å². The molecule has 1 rings (SSSR count). The first kappa shape index (κ1) is 16.8. The van der Waals surface area contributed by atoms with E-state index in [1.165, 1.54) is 0 Å². The van der Waals surface area contributed by atoms with Crippen molar-refractivity contribution in [3.05, 3.63) is 29.3 Å². The van der Waals surface area contributed by atoms with E-state index in [9.17, 15) is 18.0 Å². The highest BCUT2D eigenvalue weighted by molar-refractivity contribution is 5.76. The minimum Gasteiger partial charge on any atom is -0.464 e. The van der Waals surface area contributed by atoms with Crippen molar-refractivity contribution in [1.29, 1.82) is 5.26 Å². The fraction of sp³-hybridized carbons (Fsp3) is 0.429. The number of rotatable bonds is 6. The Hall–Kier alpha value is -2.23. The van der Waals surface area contributed by atoms with Crippen molar-refractivity contribution in [2.24, 2.45) is 0 Å². The summed E-state index contributed by atoms with van der Waals surface area (Å²) in [6, 6.07) is 4.39. The van der Waals surface area contributed by atoms with Gasteiger partial charge < -0.3 is 10.1 Å². The van der Waals surface area contributed by atoms with Crippen LogP contribution in [0.2, 0.25) is 0 Å². The second-order valence-corrected chi connectivity index (χ2v) is 4.30. The maximum atomic E-state index is 12.5. The normalized spacial score (nSPS) is 10.8. The second-order valence-electron chi connectivity index (χ2n) is 4.30. The van der Waals surface area contributed by atoms with Crippen LogP contribution >= 0.6 is 0 Å². The second kappa shape index (κ2) is 7.53. The van der Waals surface area contributed by atoms with Gasteiger partial charge in [-0.1, -0.05) is 13.3 Å². The fourth-order valence-electron chi connectivity index (χ4n) is 1.52. The number of unbranched alkanes of at least 4 members (excludes halogenated alkanes) is 1. The maximum absolute atomic E-state index is 12.5. The summed E-state index contributed by atoms with van der Waals surface area (Å²) in [4.78, 5) is 11.4. The third-order valence-corrected chi connectivity index (χ3v) is 2.65. The van der Waals surface area contributed by atoms with Crippen molar-refractivity contribution in [2.75, 3.05) is 18.5 Å². The average Bonchev–Trinajstić information content (AvgIpc) is 2.44. The first-order valence-electron chi connectivity index (χ1n) is 6.39. The van der Waals surface area contributed by atoms with Crippen LogP contribution in [0.4, 0.5) is 18.9 Å². The molecule has 114 valence electrons. The van der Waals surface area contributed by atoms with Crippen molar-refractivity contribution in [2.45, 2.75) is 25.9 Å². The van der Waals surface area contributed by atoms with E-state index < -0.39 is 17.7 Å². The van der Waals surface area contributed by atoms with Gasteiger partial charge in [0.25, 0.3) is 0 Å². The molecule has 1 N–H and O–H groups in total. The lowest BCUT2D eigenvalue weighted by molar-refractivity contribution is -0.141. The molecule has 0 atom stereocenters. The summed E-state index contributed by atoms with van der Waals surface area (Å²) in [5.74, 6) is -0.521. The van der Waals surface area contributed by atoms with Crippen LogP contribution < -0.4 is 5.32 Å². The molecule has 0 saturated carbocycles. The smallest absolute Gasteiger partial charge is 0.416 e. The number of benzene rings is 1. The molecule has 0 heterocycles. The van der Waals surface area contributed by atoms with Crippen molar-refractivity contribution in [3.63, 3.8) is 0 Å². The first-order chi connectivity index (χ1) is 9.88. The molecule has 0 unspecified atom stereocenters. The summed E-state index contributed by atoms with van der Waals surface area (Å²) in [6.45, 7) is 2.05. The summed E-state index contributed by atoms with van der Waals surface area (Å²) in [5, 5.41) is 11.5. The number of ether oxygens (including phenoxy) is 1. The van der Waals surface area contributed by atoms with E-state index in [0.29, 0.717) is 6.61 Å². The minimum atomic E-state index is -4.51. The topological polar surface area (TPSA) is 62.1 Å². The molecule has 0 spiro atoms. The van der Waals surface area contributed by atoms with Crippen LogP contribution in [-0.2, 0) is 15.7 Å². The highest BCUT2D eigenvalue weighted by Gasteiger charge is 2.31. The van der Waals surface area contributed by atoms with Crippen LogP contribution in [0.1, 0.15) is 30.9 Å². The molecule has 4 nitrogen and oxygen atoms in total. The Morgan fingerprint density at radius 3 is 2.71 bits per heavy atom. The van der Waals surface area contributed by atoms with Crippen molar-refractivity contribution < 1.29 is 22.7 Å². The van der Waals surface area contributed by atoms with E-state index in [2.05, 4.69) is 5.32 Å². The Morgan fingerprint density at radius 2 is 2.14 bits per heavy atom. The molecule has 0 aromatic heterocycles. The van der Waals surface area contributed by atoms with E-state index in [-0.39, 0.29) is 17.8 Å². The number of nitriles is 1. The van der Waals surface area contributed by atoms with E-state index in [0.717, 1.165) is 31.0 Å². The standard InChI is InChI=1S/C14H15F3N2O2/c1-2-3-6-21-13(20)9-19-12-5-4-11(14(15,16)17)7-10(12)8-18/h4-5,7,19H,2-3,6,9H2,1H3. The number of esters is 1. The van der Waals surface area contributed by atoms with Gasteiger partial charge in [0, 0.05) is 0 Å². The molecule has 7 heteroatoms. The molecular weight excluding hydrogens is 285 g/mol. The third kappa shape index (κ3) is 5.34. The molecule has 0 bridgehead atoms. The Bertz CT molecular complexity index is 536. The number of nitrogens with one attached hydrogen (secondary N) is 1. The lowest BCUT2D eigenvalue weighted by atomic mass is 10.1. The lowest BCUT2D eigenvalue weighted by Crippen LogP contribution is -2.18. The predicted octanol–water partition coefficient (Wildman–Crippen LogP) is 3.33. The van der Waals surface area contributed by atoms with Crippen LogP contribution in [0, 0.1) is 11.3 Å². The van der Waals surface area contributed by atoms with Gasteiger partial charge >= 0.3 is 12.1 Å². The third-order valence-electron chi connectivity index (χ3n) is 2.65. The highest BCUT2D eigenvalue weighted by Crippen LogP contribution is 2.31. The van der Waals surface area contributed by atoms with Gasteiger partial charge in [0.15, 0.2) is 0 Å².